The van der Waals surface area contributed by atoms with Crippen LogP contribution in [0.1, 0.15) is 42.7 Å². The maximum Gasteiger partial charge on any atom is 0.291 e. The van der Waals surface area contributed by atoms with E-state index in [4.69, 9.17) is 0 Å². The van der Waals surface area contributed by atoms with Gasteiger partial charge in [-0.05, 0) is 49.2 Å². The quantitative estimate of drug-likeness (QED) is 0.624. The summed E-state index contributed by atoms with van der Waals surface area (Å²) in [5, 5.41) is 7.49. The number of rotatable bonds is 4. The fourth-order valence-electron chi connectivity index (χ4n) is 3.45. The van der Waals surface area contributed by atoms with Crippen LogP contribution in [0, 0.1) is 5.82 Å². The first-order chi connectivity index (χ1) is 13.6. The van der Waals surface area contributed by atoms with Crippen LogP contribution in [0.3, 0.4) is 0 Å². The minimum Gasteiger partial charge on any atom is -0.347 e. The van der Waals surface area contributed by atoms with Crippen LogP contribution < -0.4 is 5.32 Å². The molecular formula is C21H20BrFN4O. The van der Waals surface area contributed by atoms with Gasteiger partial charge in [0.25, 0.3) is 5.91 Å². The number of hydrogen-bond acceptors (Lipinski definition) is 3. The zero-order valence-corrected chi connectivity index (χ0v) is 16.8. The Morgan fingerprint density at radius 2 is 1.71 bits per heavy atom. The maximum atomic E-state index is 13.3. The summed E-state index contributed by atoms with van der Waals surface area (Å²) in [6, 6.07) is 13.8. The molecule has 1 saturated carbocycles. The van der Waals surface area contributed by atoms with Crippen molar-refractivity contribution in [3.8, 4) is 17.1 Å². The first-order valence-corrected chi connectivity index (χ1v) is 10.2. The lowest BCUT2D eigenvalue weighted by molar-refractivity contribution is 0.0917. The van der Waals surface area contributed by atoms with E-state index in [1.54, 1.807) is 16.8 Å². The van der Waals surface area contributed by atoms with Crippen molar-refractivity contribution in [2.24, 2.45) is 0 Å². The molecule has 2 aromatic carbocycles. The zero-order valence-electron chi connectivity index (χ0n) is 15.2. The van der Waals surface area contributed by atoms with Crippen molar-refractivity contribution in [2.45, 2.75) is 38.1 Å². The standard InChI is InChI=1S/C21H20BrFN4O/c22-15-8-6-14(7-9-15)20-25-19(21(28)24-17-4-2-1-3-5-17)26-27(20)18-12-10-16(23)11-13-18/h6-13,17H,1-5H2,(H,24,28). The van der Waals surface area contributed by atoms with Gasteiger partial charge in [0.2, 0.25) is 5.82 Å². The molecular weight excluding hydrogens is 423 g/mol. The van der Waals surface area contributed by atoms with Gasteiger partial charge in [0.15, 0.2) is 5.82 Å². The Morgan fingerprint density at radius 1 is 1.04 bits per heavy atom. The number of carbonyl (C=O) groups is 1. The summed E-state index contributed by atoms with van der Waals surface area (Å²) in [4.78, 5) is 17.2. The van der Waals surface area contributed by atoms with Gasteiger partial charge < -0.3 is 5.32 Å². The summed E-state index contributed by atoms with van der Waals surface area (Å²) in [6.07, 6.45) is 5.46. The molecule has 1 aliphatic rings. The van der Waals surface area contributed by atoms with Crippen LogP contribution in [0.15, 0.2) is 53.0 Å². The third-order valence-electron chi connectivity index (χ3n) is 4.92. The number of carbonyl (C=O) groups excluding carboxylic acids is 1. The number of amides is 1. The van der Waals surface area contributed by atoms with Gasteiger partial charge in [-0.1, -0.05) is 47.3 Å². The lowest BCUT2D eigenvalue weighted by atomic mass is 9.95. The van der Waals surface area contributed by atoms with Gasteiger partial charge in [0.05, 0.1) is 5.69 Å². The minimum atomic E-state index is -0.329. The minimum absolute atomic E-state index is 0.118. The SMILES string of the molecule is O=C(NC1CCCCC1)c1nc(-c2ccc(Br)cc2)n(-c2ccc(F)cc2)n1. The summed E-state index contributed by atoms with van der Waals surface area (Å²) in [7, 11) is 0. The molecule has 5 nitrogen and oxygen atoms in total. The molecule has 1 N–H and O–H groups in total. The Morgan fingerprint density at radius 3 is 2.39 bits per heavy atom. The molecule has 0 unspecified atom stereocenters. The molecule has 144 valence electrons. The predicted octanol–water partition coefficient (Wildman–Crippen LogP) is 4.90. The number of nitrogens with one attached hydrogen (secondary N) is 1. The third kappa shape index (κ3) is 4.14. The molecule has 0 aliphatic heterocycles. The Bertz CT molecular complexity index is 900. The number of benzene rings is 2. The van der Waals surface area contributed by atoms with Gasteiger partial charge in [0, 0.05) is 16.1 Å². The molecule has 1 aromatic heterocycles. The highest BCUT2D eigenvalue weighted by molar-refractivity contribution is 9.10. The topological polar surface area (TPSA) is 59.8 Å². The van der Waals surface area contributed by atoms with Crippen LogP contribution in [-0.4, -0.2) is 26.7 Å². The molecule has 1 fully saturated rings. The van der Waals surface area contributed by atoms with E-state index in [9.17, 15) is 9.18 Å². The molecule has 28 heavy (non-hydrogen) atoms. The number of hydrogen-bond donors (Lipinski definition) is 1. The van der Waals surface area contributed by atoms with Gasteiger partial charge in [0.1, 0.15) is 5.82 Å². The Balaban J connectivity index is 1.69. The maximum absolute atomic E-state index is 13.3. The smallest absolute Gasteiger partial charge is 0.291 e. The lowest BCUT2D eigenvalue weighted by Gasteiger charge is -2.21. The van der Waals surface area contributed by atoms with Gasteiger partial charge in [-0.2, -0.15) is 0 Å². The summed E-state index contributed by atoms with van der Waals surface area (Å²) in [5.74, 6) is 0.0520. The highest BCUT2D eigenvalue weighted by Gasteiger charge is 2.22. The number of nitrogens with zero attached hydrogens (tertiary/aromatic N) is 3. The van der Waals surface area contributed by atoms with E-state index in [2.05, 4.69) is 31.3 Å². The molecule has 1 amide bonds. The van der Waals surface area contributed by atoms with Crippen LogP contribution in [0.5, 0.6) is 0 Å². The molecule has 3 aromatic rings. The highest BCUT2D eigenvalue weighted by atomic mass is 79.9. The molecule has 7 heteroatoms. The summed E-state index contributed by atoms with van der Waals surface area (Å²) in [5.41, 5.74) is 1.46. The third-order valence-corrected chi connectivity index (χ3v) is 5.45. The fraction of sp³-hybridized carbons (Fsp3) is 0.286. The predicted molar refractivity (Wildman–Crippen MR) is 109 cm³/mol. The number of halogens is 2. The molecule has 0 bridgehead atoms. The van der Waals surface area contributed by atoms with Crippen LogP contribution in [-0.2, 0) is 0 Å². The summed E-state index contributed by atoms with van der Waals surface area (Å²) in [6.45, 7) is 0. The highest BCUT2D eigenvalue weighted by Crippen LogP contribution is 2.24. The van der Waals surface area contributed by atoms with E-state index in [1.165, 1.54) is 18.6 Å². The van der Waals surface area contributed by atoms with Crippen molar-refractivity contribution in [3.05, 3.63) is 64.6 Å². The first-order valence-electron chi connectivity index (χ1n) is 9.40. The van der Waals surface area contributed by atoms with Crippen molar-refractivity contribution >= 4 is 21.8 Å². The average Bonchev–Trinajstić information content (AvgIpc) is 3.15. The van der Waals surface area contributed by atoms with Crippen molar-refractivity contribution < 1.29 is 9.18 Å². The summed E-state index contributed by atoms with van der Waals surface area (Å²) < 4.78 is 15.9. The Labute approximate surface area is 171 Å². The van der Waals surface area contributed by atoms with Gasteiger partial charge in [-0.25, -0.2) is 14.1 Å². The van der Waals surface area contributed by atoms with Crippen molar-refractivity contribution in [1.82, 2.24) is 20.1 Å². The molecule has 1 heterocycles. The monoisotopic (exact) mass is 442 g/mol. The largest absolute Gasteiger partial charge is 0.347 e. The van der Waals surface area contributed by atoms with Gasteiger partial charge >= 0.3 is 0 Å². The number of aromatic nitrogens is 3. The van der Waals surface area contributed by atoms with Crippen LogP contribution in [0.4, 0.5) is 4.39 Å². The Kier molecular flexibility index (Phi) is 5.52. The average molecular weight is 443 g/mol. The second kappa shape index (κ2) is 8.22. The molecule has 4 rings (SSSR count). The fourth-order valence-corrected chi connectivity index (χ4v) is 3.72. The van der Waals surface area contributed by atoms with E-state index >= 15 is 0 Å². The van der Waals surface area contributed by atoms with Crippen LogP contribution in [0.2, 0.25) is 0 Å². The Hall–Kier alpha value is -2.54. The van der Waals surface area contributed by atoms with E-state index in [-0.39, 0.29) is 23.6 Å². The molecule has 0 spiro atoms. The summed E-state index contributed by atoms with van der Waals surface area (Å²) >= 11 is 3.42. The normalized spacial score (nSPS) is 14.8. The van der Waals surface area contributed by atoms with Gasteiger partial charge in [-0.15, -0.1) is 5.10 Å². The van der Waals surface area contributed by atoms with Crippen LogP contribution >= 0.6 is 15.9 Å². The second-order valence-corrected chi connectivity index (χ2v) is 7.88. The van der Waals surface area contributed by atoms with Crippen molar-refractivity contribution in [2.75, 3.05) is 0 Å². The second-order valence-electron chi connectivity index (χ2n) is 6.96. The first kappa shape index (κ1) is 18.8. The van der Waals surface area contributed by atoms with E-state index in [0.29, 0.717) is 11.5 Å². The van der Waals surface area contributed by atoms with Crippen molar-refractivity contribution in [3.63, 3.8) is 0 Å². The molecule has 0 saturated heterocycles. The van der Waals surface area contributed by atoms with Crippen molar-refractivity contribution in [1.29, 1.82) is 0 Å². The van der Waals surface area contributed by atoms with E-state index in [1.807, 2.05) is 24.3 Å². The van der Waals surface area contributed by atoms with Crippen LogP contribution in [0.25, 0.3) is 17.1 Å². The lowest BCUT2D eigenvalue weighted by Crippen LogP contribution is -2.36. The molecule has 0 radical (unpaired) electrons. The van der Waals surface area contributed by atoms with Gasteiger partial charge in [-0.3, -0.25) is 4.79 Å². The van der Waals surface area contributed by atoms with E-state index in [0.717, 1.165) is 35.7 Å². The zero-order chi connectivity index (χ0) is 19.5. The van der Waals surface area contributed by atoms with E-state index < -0.39 is 0 Å². The molecule has 1 aliphatic carbocycles. The molecule has 0 atom stereocenters.